The van der Waals surface area contributed by atoms with Crippen molar-refractivity contribution in [2.24, 2.45) is 0 Å². The number of hydrogen-bond donors (Lipinski definition) is 3. The van der Waals surface area contributed by atoms with Crippen LogP contribution in [0.25, 0.3) is 10.9 Å². The van der Waals surface area contributed by atoms with Crippen molar-refractivity contribution in [1.82, 2.24) is 9.71 Å². The van der Waals surface area contributed by atoms with Crippen LogP contribution >= 0.6 is 23.2 Å². The molecule has 0 aliphatic heterocycles. The van der Waals surface area contributed by atoms with Crippen LogP contribution in [0.3, 0.4) is 0 Å². The lowest BCUT2D eigenvalue weighted by Crippen LogP contribution is -2.36. The molecule has 0 amide bonds. The van der Waals surface area contributed by atoms with Gasteiger partial charge in [0, 0.05) is 28.2 Å². The second-order valence-corrected chi connectivity index (χ2v) is 8.59. The molecule has 5 nitrogen and oxygen atoms in total. The third-order valence-electron chi connectivity index (χ3n) is 4.26. The summed E-state index contributed by atoms with van der Waals surface area (Å²) in [6.45, 7) is 1.93. The second-order valence-electron chi connectivity index (χ2n) is 6.10. The van der Waals surface area contributed by atoms with Gasteiger partial charge in [0.25, 0.3) is 0 Å². The van der Waals surface area contributed by atoms with Crippen molar-refractivity contribution in [1.29, 1.82) is 0 Å². The number of sulfonamides is 1. The molecule has 0 saturated heterocycles. The van der Waals surface area contributed by atoms with Gasteiger partial charge in [0.1, 0.15) is 4.90 Å². The van der Waals surface area contributed by atoms with Gasteiger partial charge >= 0.3 is 0 Å². The van der Waals surface area contributed by atoms with Gasteiger partial charge in [-0.15, -0.1) is 0 Å². The van der Waals surface area contributed by atoms with E-state index in [1.54, 1.807) is 0 Å². The minimum absolute atomic E-state index is 0.00412. The number of H-pyrrole nitrogens is 1. The molecule has 0 bridgehead atoms. The molecular weight excluding hydrogens is 393 g/mol. The first kappa shape index (κ1) is 19.0. The summed E-state index contributed by atoms with van der Waals surface area (Å²) in [7, 11) is -3.88. The van der Waals surface area contributed by atoms with Crippen molar-refractivity contribution in [3.8, 4) is 0 Å². The number of aromatic amines is 1. The minimum Gasteiger partial charge on any atom is -0.398 e. The van der Waals surface area contributed by atoms with Crippen molar-refractivity contribution < 1.29 is 8.42 Å². The number of anilines is 1. The summed E-state index contributed by atoms with van der Waals surface area (Å²) in [5.41, 5.74) is 7.93. The van der Waals surface area contributed by atoms with E-state index in [9.17, 15) is 8.42 Å². The van der Waals surface area contributed by atoms with Gasteiger partial charge in [0.15, 0.2) is 0 Å². The first-order valence-electron chi connectivity index (χ1n) is 8.13. The maximum absolute atomic E-state index is 12.8. The number of fused-ring (bicyclic) bond motifs is 1. The van der Waals surface area contributed by atoms with Crippen LogP contribution in [0.2, 0.25) is 10.0 Å². The lowest BCUT2D eigenvalue weighted by atomic mass is 10.0. The number of rotatable bonds is 6. The number of nitrogens with one attached hydrogen (secondary N) is 2. The maximum Gasteiger partial charge on any atom is 0.244 e. The van der Waals surface area contributed by atoms with Crippen molar-refractivity contribution in [2.45, 2.75) is 30.7 Å². The van der Waals surface area contributed by atoms with Crippen LogP contribution in [0.4, 0.5) is 5.69 Å². The van der Waals surface area contributed by atoms with Crippen LogP contribution in [0.5, 0.6) is 0 Å². The Balaban J connectivity index is 1.88. The van der Waals surface area contributed by atoms with Gasteiger partial charge in [-0.1, -0.05) is 48.3 Å². The number of benzene rings is 2. The highest BCUT2D eigenvalue weighted by Crippen LogP contribution is 2.31. The van der Waals surface area contributed by atoms with Crippen LogP contribution < -0.4 is 10.5 Å². The molecule has 0 spiro atoms. The first-order valence-corrected chi connectivity index (χ1v) is 10.4. The summed E-state index contributed by atoms with van der Waals surface area (Å²) >= 11 is 12.0. The van der Waals surface area contributed by atoms with Crippen LogP contribution in [0.15, 0.2) is 47.5 Å². The number of nitrogens with two attached hydrogens (primary N) is 1. The number of hydrogen-bond acceptors (Lipinski definition) is 3. The molecule has 8 heteroatoms. The predicted molar refractivity (Wildman–Crippen MR) is 107 cm³/mol. The summed E-state index contributed by atoms with van der Waals surface area (Å²) in [6, 6.07) is 10.4. The van der Waals surface area contributed by atoms with E-state index < -0.39 is 10.0 Å². The van der Waals surface area contributed by atoms with E-state index in [2.05, 4.69) is 9.71 Å². The quantitative estimate of drug-likeness (QED) is 0.526. The molecule has 0 aliphatic carbocycles. The Kier molecular flexibility index (Phi) is 5.48. The van der Waals surface area contributed by atoms with Crippen molar-refractivity contribution in [3.05, 3.63) is 58.2 Å². The second kappa shape index (κ2) is 7.48. The van der Waals surface area contributed by atoms with E-state index in [-0.39, 0.29) is 26.7 Å². The molecule has 0 saturated carbocycles. The molecule has 4 N–H and O–H groups in total. The Morgan fingerprint density at radius 3 is 2.65 bits per heavy atom. The SMILES string of the molecule is CCC(Cc1c[nH]c2ccccc12)NS(=O)(=O)c1c(N)cc(Cl)cc1Cl. The largest absolute Gasteiger partial charge is 0.398 e. The summed E-state index contributed by atoms with van der Waals surface area (Å²) in [6.07, 6.45) is 3.07. The van der Waals surface area contributed by atoms with Crippen LogP contribution in [-0.2, 0) is 16.4 Å². The molecule has 0 radical (unpaired) electrons. The molecule has 3 aromatic rings. The third kappa shape index (κ3) is 3.83. The molecular formula is C18H19Cl2N3O2S. The molecule has 1 atom stereocenters. The van der Waals surface area contributed by atoms with Gasteiger partial charge in [-0.05, 0) is 36.6 Å². The normalized spacial score (nSPS) is 13.2. The molecule has 138 valence electrons. The van der Waals surface area contributed by atoms with Crippen LogP contribution in [0.1, 0.15) is 18.9 Å². The third-order valence-corrected chi connectivity index (χ3v) is 6.53. The van der Waals surface area contributed by atoms with E-state index in [1.807, 2.05) is 37.4 Å². The first-order chi connectivity index (χ1) is 12.3. The van der Waals surface area contributed by atoms with Crippen LogP contribution in [-0.4, -0.2) is 19.4 Å². The van der Waals surface area contributed by atoms with Crippen LogP contribution in [0, 0.1) is 0 Å². The minimum atomic E-state index is -3.88. The van der Waals surface area contributed by atoms with Gasteiger partial charge in [-0.3, -0.25) is 0 Å². The standard InChI is InChI=1S/C18H19Cl2N3O2S/c1-2-13(7-11-10-22-17-6-4-3-5-14(11)17)23-26(24,25)18-15(20)8-12(19)9-16(18)21/h3-6,8-10,13,22-23H,2,7,21H2,1H3. The number of para-hydroxylation sites is 1. The average Bonchev–Trinajstić information content (AvgIpc) is 2.96. The molecule has 1 unspecified atom stereocenters. The fraction of sp³-hybridized carbons (Fsp3) is 0.222. The Labute approximate surface area is 162 Å². The van der Waals surface area contributed by atoms with E-state index in [0.717, 1.165) is 16.5 Å². The Bertz CT molecular complexity index is 1020. The number of halogens is 2. The lowest BCUT2D eigenvalue weighted by molar-refractivity contribution is 0.538. The fourth-order valence-corrected chi connectivity index (χ4v) is 5.28. The lowest BCUT2D eigenvalue weighted by Gasteiger charge is -2.18. The Morgan fingerprint density at radius 1 is 1.23 bits per heavy atom. The van der Waals surface area contributed by atoms with Gasteiger partial charge in [0.2, 0.25) is 10.0 Å². The monoisotopic (exact) mass is 411 g/mol. The van der Waals surface area contributed by atoms with Crippen molar-refractivity contribution in [2.75, 3.05) is 5.73 Å². The summed E-state index contributed by atoms with van der Waals surface area (Å²) in [4.78, 5) is 3.07. The highest BCUT2D eigenvalue weighted by molar-refractivity contribution is 7.89. The summed E-state index contributed by atoms with van der Waals surface area (Å²) < 4.78 is 28.4. The maximum atomic E-state index is 12.8. The summed E-state index contributed by atoms with van der Waals surface area (Å²) in [5.74, 6) is 0. The Morgan fingerprint density at radius 2 is 1.96 bits per heavy atom. The smallest absolute Gasteiger partial charge is 0.244 e. The molecule has 1 heterocycles. The van der Waals surface area contributed by atoms with Gasteiger partial charge < -0.3 is 10.7 Å². The molecule has 2 aromatic carbocycles. The number of nitrogen functional groups attached to an aromatic ring is 1. The van der Waals surface area contributed by atoms with Crippen molar-refractivity contribution in [3.63, 3.8) is 0 Å². The van der Waals surface area contributed by atoms with Gasteiger partial charge in [0.05, 0.1) is 10.7 Å². The zero-order valence-corrected chi connectivity index (χ0v) is 16.4. The molecule has 26 heavy (non-hydrogen) atoms. The van der Waals surface area contributed by atoms with E-state index in [4.69, 9.17) is 28.9 Å². The van der Waals surface area contributed by atoms with Gasteiger partial charge in [-0.25, -0.2) is 13.1 Å². The topological polar surface area (TPSA) is 88.0 Å². The molecule has 0 aliphatic rings. The Hall–Kier alpha value is -1.73. The fourth-order valence-electron chi connectivity index (χ4n) is 2.98. The van der Waals surface area contributed by atoms with E-state index in [1.165, 1.54) is 12.1 Å². The molecule has 0 fully saturated rings. The highest BCUT2D eigenvalue weighted by atomic mass is 35.5. The summed E-state index contributed by atoms with van der Waals surface area (Å²) in [5, 5.41) is 1.37. The average molecular weight is 412 g/mol. The van der Waals surface area contributed by atoms with Crippen molar-refractivity contribution >= 4 is 49.8 Å². The van der Waals surface area contributed by atoms with Gasteiger partial charge in [-0.2, -0.15) is 0 Å². The van der Waals surface area contributed by atoms with E-state index in [0.29, 0.717) is 12.8 Å². The molecule has 1 aromatic heterocycles. The van der Waals surface area contributed by atoms with E-state index >= 15 is 0 Å². The highest BCUT2D eigenvalue weighted by Gasteiger charge is 2.25. The molecule has 3 rings (SSSR count). The number of aromatic nitrogens is 1. The zero-order valence-electron chi connectivity index (χ0n) is 14.1. The zero-order chi connectivity index (χ0) is 18.9. The predicted octanol–water partition coefficient (Wildman–Crippen LogP) is 4.36.